The fraction of sp³-hybridized carbons (Fsp3) is 0.429. The second kappa shape index (κ2) is 4.80. The summed E-state index contributed by atoms with van der Waals surface area (Å²) in [6, 6.07) is 5.24. The van der Waals surface area contributed by atoms with Crippen molar-refractivity contribution in [3.63, 3.8) is 0 Å². The topological polar surface area (TPSA) is 63.6 Å². The number of carboxylic acid groups (broad SMARTS) is 1. The van der Waals surface area contributed by atoms with E-state index in [9.17, 15) is 9.59 Å². The van der Waals surface area contributed by atoms with Crippen molar-refractivity contribution in [1.29, 1.82) is 0 Å². The van der Waals surface area contributed by atoms with Gasteiger partial charge in [-0.05, 0) is 44.0 Å². The number of Topliss-reactive ketones (excluding diaryl/α,β-unsaturated/α-hetero) is 1. The van der Waals surface area contributed by atoms with Gasteiger partial charge in [0.2, 0.25) is 0 Å². The minimum Gasteiger partial charge on any atom is -0.494 e. The van der Waals surface area contributed by atoms with Crippen molar-refractivity contribution in [2.24, 2.45) is 11.8 Å². The number of benzene rings is 1. The number of ketones is 1. The van der Waals surface area contributed by atoms with Crippen LogP contribution in [-0.2, 0) is 4.79 Å². The quantitative estimate of drug-likeness (QED) is 0.812. The second-order valence-corrected chi connectivity index (χ2v) is 4.56. The predicted octanol–water partition coefficient (Wildman–Crippen LogP) is 2.30. The molecule has 96 valence electrons. The Bertz CT molecular complexity index is 493. The molecule has 1 saturated carbocycles. The highest BCUT2D eigenvalue weighted by Gasteiger charge is 2.48. The summed E-state index contributed by atoms with van der Waals surface area (Å²) in [5.74, 6) is -1.03. The molecule has 4 nitrogen and oxygen atoms in total. The van der Waals surface area contributed by atoms with Crippen LogP contribution >= 0.6 is 0 Å². The van der Waals surface area contributed by atoms with Crippen LogP contribution in [0.4, 0.5) is 0 Å². The third-order valence-corrected chi connectivity index (χ3v) is 3.20. The summed E-state index contributed by atoms with van der Waals surface area (Å²) in [6.45, 7) is 4.36. The summed E-state index contributed by atoms with van der Waals surface area (Å²) < 4.78 is 5.40. The number of aliphatic carboxylic acids is 1. The van der Waals surface area contributed by atoms with Gasteiger partial charge in [0.05, 0.1) is 12.5 Å². The molecule has 1 aliphatic rings. The van der Waals surface area contributed by atoms with Gasteiger partial charge in [-0.25, -0.2) is 0 Å². The normalized spacial score (nSPS) is 21.4. The standard InChI is InChI=1S/C14H16O4/c1-3-18-12-5-4-9(6-8(12)2)13(15)10-7-11(10)14(16)17/h4-6,10-11H,3,7H2,1-2H3,(H,16,17). The minimum absolute atomic E-state index is 0.0754. The minimum atomic E-state index is -0.879. The first-order valence-electron chi connectivity index (χ1n) is 6.05. The van der Waals surface area contributed by atoms with Crippen LogP contribution in [0.1, 0.15) is 29.3 Å². The van der Waals surface area contributed by atoms with Crippen molar-refractivity contribution in [1.82, 2.24) is 0 Å². The molecule has 0 spiro atoms. The number of carbonyl (C=O) groups is 2. The lowest BCUT2D eigenvalue weighted by molar-refractivity contribution is -0.138. The molecule has 1 fully saturated rings. The summed E-state index contributed by atoms with van der Waals surface area (Å²) in [5.41, 5.74) is 1.47. The van der Waals surface area contributed by atoms with Crippen molar-refractivity contribution in [3.05, 3.63) is 29.3 Å². The van der Waals surface area contributed by atoms with Crippen LogP contribution in [-0.4, -0.2) is 23.5 Å². The van der Waals surface area contributed by atoms with Crippen molar-refractivity contribution in [2.45, 2.75) is 20.3 Å². The molecule has 18 heavy (non-hydrogen) atoms. The van der Waals surface area contributed by atoms with Gasteiger partial charge < -0.3 is 9.84 Å². The van der Waals surface area contributed by atoms with E-state index < -0.39 is 11.9 Å². The van der Waals surface area contributed by atoms with Gasteiger partial charge in [-0.15, -0.1) is 0 Å². The predicted molar refractivity (Wildman–Crippen MR) is 65.9 cm³/mol. The lowest BCUT2D eigenvalue weighted by Gasteiger charge is -2.08. The number of carboxylic acids is 1. The first kappa shape index (κ1) is 12.6. The number of hydrogen-bond donors (Lipinski definition) is 1. The summed E-state index contributed by atoms with van der Waals surface area (Å²) >= 11 is 0. The number of carbonyl (C=O) groups excluding carboxylic acids is 1. The van der Waals surface area contributed by atoms with E-state index in [1.807, 2.05) is 13.8 Å². The summed E-state index contributed by atoms with van der Waals surface area (Å²) in [4.78, 5) is 22.8. The Morgan fingerprint density at radius 2 is 2.11 bits per heavy atom. The molecule has 2 atom stereocenters. The summed E-state index contributed by atoms with van der Waals surface area (Å²) in [6.07, 6.45) is 0.459. The Labute approximate surface area is 106 Å². The van der Waals surface area contributed by atoms with Gasteiger partial charge in [0.25, 0.3) is 0 Å². The maximum absolute atomic E-state index is 12.0. The van der Waals surface area contributed by atoms with Crippen LogP contribution in [0, 0.1) is 18.8 Å². The lowest BCUT2D eigenvalue weighted by atomic mass is 10.0. The average Bonchev–Trinajstić information content (AvgIpc) is 3.11. The number of rotatable bonds is 5. The maximum atomic E-state index is 12.0. The highest BCUT2D eigenvalue weighted by molar-refractivity contribution is 6.02. The molecule has 0 heterocycles. The number of aryl methyl sites for hydroxylation is 1. The molecular formula is C14H16O4. The van der Waals surface area contributed by atoms with E-state index in [1.54, 1.807) is 18.2 Å². The van der Waals surface area contributed by atoms with Gasteiger partial charge >= 0.3 is 5.97 Å². The number of ether oxygens (including phenoxy) is 1. The smallest absolute Gasteiger partial charge is 0.307 e. The SMILES string of the molecule is CCOc1ccc(C(=O)C2CC2C(=O)O)cc1C. The van der Waals surface area contributed by atoms with Gasteiger partial charge in [-0.1, -0.05) is 0 Å². The van der Waals surface area contributed by atoms with Crippen LogP contribution in [0.5, 0.6) is 5.75 Å². The van der Waals surface area contributed by atoms with Crippen molar-refractivity contribution < 1.29 is 19.4 Å². The molecule has 2 unspecified atom stereocenters. The Balaban J connectivity index is 2.13. The van der Waals surface area contributed by atoms with E-state index in [-0.39, 0.29) is 11.7 Å². The van der Waals surface area contributed by atoms with Gasteiger partial charge in [0.1, 0.15) is 5.75 Å². The fourth-order valence-electron chi connectivity index (χ4n) is 2.09. The largest absolute Gasteiger partial charge is 0.494 e. The van der Waals surface area contributed by atoms with E-state index in [1.165, 1.54) is 0 Å². The molecule has 2 rings (SSSR count). The van der Waals surface area contributed by atoms with Gasteiger partial charge in [0.15, 0.2) is 5.78 Å². The zero-order valence-electron chi connectivity index (χ0n) is 10.5. The third kappa shape index (κ3) is 2.37. The fourth-order valence-corrected chi connectivity index (χ4v) is 2.09. The van der Waals surface area contributed by atoms with Crippen molar-refractivity contribution in [3.8, 4) is 5.75 Å². The van der Waals surface area contributed by atoms with Gasteiger partial charge in [-0.2, -0.15) is 0 Å². The monoisotopic (exact) mass is 248 g/mol. The molecule has 1 aromatic carbocycles. The molecular weight excluding hydrogens is 232 g/mol. The van der Waals surface area contributed by atoms with E-state index in [4.69, 9.17) is 9.84 Å². The number of hydrogen-bond acceptors (Lipinski definition) is 3. The molecule has 1 aromatic rings. The van der Waals surface area contributed by atoms with Crippen LogP contribution in [0.25, 0.3) is 0 Å². The Morgan fingerprint density at radius 1 is 1.39 bits per heavy atom. The van der Waals surface area contributed by atoms with E-state index in [2.05, 4.69) is 0 Å². The summed E-state index contributed by atoms with van der Waals surface area (Å²) in [5, 5.41) is 8.82. The van der Waals surface area contributed by atoms with Crippen LogP contribution in [0.2, 0.25) is 0 Å². The Hall–Kier alpha value is -1.84. The van der Waals surface area contributed by atoms with Crippen LogP contribution < -0.4 is 4.74 Å². The zero-order chi connectivity index (χ0) is 13.3. The summed E-state index contributed by atoms with van der Waals surface area (Å²) in [7, 11) is 0. The lowest BCUT2D eigenvalue weighted by Crippen LogP contribution is -2.08. The van der Waals surface area contributed by atoms with Crippen molar-refractivity contribution >= 4 is 11.8 Å². The van der Waals surface area contributed by atoms with E-state index in [0.29, 0.717) is 18.6 Å². The molecule has 4 heteroatoms. The molecule has 0 amide bonds. The van der Waals surface area contributed by atoms with Crippen LogP contribution in [0.3, 0.4) is 0 Å². The molecule has 1 aliphatic carbocycles. The molecule has 1 N–H and O–H groups in total. The highest BCUT2D eigenvalue weighted by Crippen LogP contribution is 2.41. The average molecular weight is 248 g/mol. The maximum Gasteiger partial charge on any atom is 0.307 e. The molecule has 0 radical (unpaired) electrons. The first-order valence-corrected chi connectivity index (χ1v) is 6.05. The molecule has 0 aliphatic heterocycles. The first-order chi connectivity index (χ1) is 8.54. The zero-order valence-corrected chi connectivity index (χ0v) is 10.5. The molecule has 0 aromatic heterocycles. The van der Waals surface area contributed by atoms with Crippen molar-refractivity contribution in [2.75, 3.05) is 6.61 Å². The highest BCUT2D eigenvalue weighted by atomic mass is 16.5. The van der Waals surface area contributed by atoms with E-state index >= 15 is 0 Å². The van der Waals surface area contributed by atoms with Crippen LogP contribution in [0.15, 0.2) is 18.2 Å². The molecule has 0 bridgehead atoms. The van der Waals surface area contributed by atoms with E-state index in [0.717, 1.165) is 11.3 Å². The van der Waals surface area contributed by atoms with Gasteiger partial charge in [0, 0.05) is 11.5 Å². The third-order valence-electron chi connectivity index (χ3n) is 3.20. The molecule has 0 saturated heterocycles. The second-order valence-electron chi connectivity index (χ2n) is 4.56. The van der Waals surface area contributed by atoms with Gasteiger partial charge in [-0.3, -0.25) is 9.59 Å². The Morgan fingerprint density at radius 3 is 2.61 bits per heavy atom. The Kier molecular flexibility index (Phi) is 3.36.